The van der Waals surface area contributed by atoms with E-state index >= 15 is 0 Å². The zero-order chi connectivity index (χ0) is 20.3. The standard InChI is InChI=1S/C25H27N3O/c1-19-16-26-13-12-23(19)17-27-24(29)25(14-21-10-6-7-11-22(21)15-25)28(2)18-20-8-4-3-5-9-20/h3-13,16H,14-15,17-18H2,1-2H3,(H,27,29). The van der Waals surface area contributed by atoms with E-state index in [-0.39, 0.29) is 5.91 Å². The Morgan fingerprint density at radius 1 is 1.03 bits per heavy atom. The number of aryl methyl sites for hydroxylation is 1. The van der Waals surface area contributed by atoms with Gasteiger partial charge in [-0.2, -0.15) is 0 Å². The van der Waals surface area contributed by atoms with Gasteiger partial charge in [0, 0.05) is 38.3 Å². The maximum Gasteiger partial charge on any atom is 0.241 e. The van der Waals surface area contributed by atoms with Gasteiger partial charge in [-0.1, -0.05) is 54.6 Å². The lowest BCUT2D eigenvalue weighted by Gasteiger charge is -2.37. The van der Waals surface area contributed by atoms with Crippen molar-refractivity contribution < 1.29 is 4.79 Å². The van der Waals surface area contributed by atoms with Crippen LogP contribution in [0.2, 0.25) is 0 Å². The monoisotopic (exact) mass is 385 g/mol. The van der Waals surface area contributed by atoms with Crippen molar-refractivity contribution in [2.75, 3.05) is 7.05 Å². The molecule has 1 aliphatic rings. The van der Waals surface area contributed by atoms with Crippen molar-refractivity contribution in [3.8, 4) is 0 Å². The second-order valence-electron chi connectivity index (χ2n) is 7.98. The molecule has 0 saturated carbocycles. The molecule has 1 aromatic heterocycles. The number of rotatable bonds is 6. The fourth-order valence-electron chi connectivity index (χ4n) is 4.25. The first kappa shape index (κ1) is 19.3. The summed E-state index contributed by atoms with van der Waals surface area (Å²) in [7, 11) is 2.07. The number of carbonyl (C=O) groups excluding carboxylic acids is 1. The number of carbonyl (C=O) groups is 1. The van der Waals surface area contributed by atoms with Gasteiger partial charge in [0.1, 0.15) is 5.54 Å². The number of aromatic nitrogens is 1. The van der Waals surface area contributed by atoms with Crippen LogP contribution in [0.4, 0.5) is 0 Å². The summed E-state index contributed by atoms with van der Waals surface area (Å²) in [6.07, 6.45) is 5.07. The number of pyridine rings is 1. The zero-order valence-electron chi connectivity index (χ0n) is 17.1. The Morgan fingerprint density at radius 3 is 2.34 bits per heavy atom. The quantitative estimate of drug-likeness (QED) is 0.704. The highest BCUT2D eigenvalue weighted by Crippen LogP contribution is 2.35. The Labute approximate surface area is 172 Å². The van der Waals surface area contributed by atoms with E-state index in [4.69, 9.17) is 0 Å². The lowest BCUT2D eigenvalue weighted by Crippen LogP contribution is -2.58. The molecule has 148 valence electrons. The molecular formula is C25H27N3O. The molecule has 1 amide bonds. The van der Waals surface area contributed by atoms with Crippen molar-refractivity contribution in [1.82, 2.24) is 15.2 Å². The summed E-state index contributed by atoms with van der Waals surface area (Å²) < 4.78 is 0. The van der Waals surface area contributed by atoms with Gasteiger partial charge in [-0.15, -0.1) is 0 Å². The van der Waals surface area contributed by atoms with Gasteiger partial charge in [0.05, 0.1) is 0 Å². The van der Waals surface area contributed by atoms with Gasteiger partial charge in [-0.25, -0.2) is 0 Å². The van der Waals surface area contributed by atoms with Gasteiger partial charge in [-0.3, -0.25) is 14.7 Å². The van der Waals surface area contributed by atoms with E-state index in [0.717, 1.165) is 30.5 Å². The Morgan fingerprint density at radius 2 is 1.69 bits per heavy atom. The summed E-state index contributed by atoms with van der Waals surface area (Å²) in [6.45, 7) is 3.28. The molecule has 1 heterocycles. The van der Waals surface area contributed by atoms with Crippen LogP contribution in [0.1, 0.15) is 27.8 Å². The molecular weight excluding hydrogens is 358 g/mol. The van der Waals surface area contributed by atoms with Crippen LogP contribution in [0.15, 0.2) is 73.1 Å². The maximum absolute atomic E-state index is 13.6. The SMILES string of the molecule is Cc1cnccc1CNC(=O)C1(N(C)Cc2ccccc2)Cc2ccccc2C1. The summed E-state index contributed by atoms with van der Waals surface area (Å²) in [4.78, 5) is 19.9. The minimum absolute atomic E-state index is 0.0864. The molecule has 4 nitrogen and oxygen atoms in total. The highest BCUT2D eigenvalue weighted by atomic mass is 16.2. The van der Waals surface area contributed by atoms with E-state index in [9.17, 15) is 4.79 Å². The van der Waals surface area contributed by atoms with Gasteiger partial charge in [0.15, 0.2) is 0 Å². The molecule has 0 spiro atoms. The molecule has 0 saturated heterocycles. The van der Waals surface area contributed by atoms with Crippen LogP contribution >= 0.6 is 0 Å². The highest BCUT2D eigenvalue weighted by Gasteiger charge is 2.46. The van der Waals surface area contributed by atoms with Gasteiger partial charge < -0.3 is 5.32 Å². The molecule has 2 aromatic carbocycles. The third kappa shape index (κ3) is 3.94. The summed E-state index contributed by atoms with van der Waals surface area (Å²) in [6, 6.07) is 20.7. The molecule has 29 heavy (non-hydrogen) atoms. The fourth-order valence-corrected chi connectivity index (χ4v) is 4.25. The van der Waals surface area contributed by atoms with E-state index in [0.29, 0.717) is 6.54 Å². The van der Waals surface area contributed by atoms with Crippen LogP contribution in [-0.4, -0.2) is 28.4 Å². The fraction of sp³-hybridized carbons (Fsp3) is 0.280. The zero-order valence-corrected chi connectivity index (χ0v) is 17.1. The van der Waals surface area contributed by atoms with Gasteiger partial charge in [-0.05, 0) is 47.9 Å². The third-order valence-electron chi connectivity index (χ3n) is 6.08. The van der Waals surface area contributed by atoms with Crippen molar-refractivity contribution in [2.45, 2.75) is 38.4 Å². The maximum atomic E-state index is 13.6. The Hall–Kier alpha value is -2.98. The van der Waals surface area contributed by atoms with Crippen LogP contribution in [0, 0.1) is 6.92 Å². The number of fused-ring (bicyclic) bond motifs is 1. The van der Waals surface area contributed by atoms with E-state index in [2.05, 4.69) is 58.6 Å². The number of hydrogen-bond donors (Lipinski definition) is 1. The summed E-state index contributed by atoms with van der Waals surface area (Å²) >= 11 is 0. The number of likely N-dealkylation sites (N-methyl/N-ethyl adjacent to an activating group) is 1. The number of nitrogens with zero attached hydrogens (tertiary/aromatic N) is 2. The van der Waals surface area contributed by atoms with Crippen molar-refractivity contribution >= 4 is 5.91 Å². The molecule has 0 aliphatic heterocycles. The second-order valence-corrected chi connectivity index (χ2v) is 7.98. The minimum Gasteiger partial charge on any atom is -0.350 e. The van der Waals surface area contributed by atoms with Crippen molar-refractivity contribution in [1.29, 1.82) is 0 Å². The van der Waals surface area contributed by atoms with Crippen LogP contribution < -0.4 is 5.32 Å². The van der Waals surface area contributed by atoms with E-state index in [1.807, 2.05) is 37.4 Å². The smallest absolute Gasteiger partial charge is 0.241 e. The molecule has 0 unspecified atom stereocenters. The number of hydrogen-bond acceptors (Lipinski definition) is 3. The average molecular weight is 386 g/mol. The summed E-state index contributed by atoms with van der Waals surface area (Å²) in [5.74, 6) is 0.0864. The second kappa shape index (κ2) is 8.18. The minimum atomic E-state index is -0.583. The van der Waals surface area contributed by atoms with E-state index in [1.54, 1.807) is 6.20 Å². The van der Waals surface area contributed by atoms with E-state index in [1.165, 1.54) is 16.7 Å². The van der Waals surface area contributed by atoms with Gasteiger partial charge in [0.25, 0.3) is 0 Å². The van der Waals surface area contributed by atoms with Gasteiger partial charge >= 0.3 is 0 Å². The van der Waals surface area contributed by atoms with E-state index < -0.39 is 5.54 Å². The molecule has 0 bridgehead atoms. The predicted octanol–water partition coefficient (Wildman–Crippen LogP) is 3.68. The Kier molecular flexibility index (Phi) is 5.45. The largest absolute Gasteiger partial charge is 0.350 e. The Balaban J connectivity index is 1.58. The van der Waals surface area contributed by atoms with Crippen LogP contribution in [0.5, 0.6) is 0 Å². The molecule has 1 N–H and O–H groups in total. The lowest BCUT2D eigenvalue weighted by atomic mass is 9.91. The summed E-state index contributed by atoms with van der Waals surface area (Å²) in [5, 5.41) is 3.22. The first-order chi connectivity index (χ1) is 14.1. The molecule has 4 heteroatoms. The third-order valence-corrected chi connectivity index (χ3v) is 6.08. The molecule has 1 aliphatic carbocycles. The summed E-state index contributed by atoms with van der Waals surface area (Å²) in [5.41, 5.74) is 5.35. The van der Waals surface area contributed by atoms with Crippen LogP contribution in [-0.2, 0) is 30.7 Å². The number of amides is 1. The van der Waals surface area contributed by atoms with Gasteiger partial charge in [0.2, 0.25) is 5.91 Å². The first-order valence-corrected chi connectivity index (χ1v) is 10.1. The normalized spacial score (nSPS) is 14.6. The van der Waals surface area contributed by atoms with Crippen molar-refractivity contribution in [3.63, 3.8) is 0 Å². The lowest BCUT2D eigenvalue weighted by molar-refractivity contribution is -0.133. The number of nitrogens with one attached hydrogen (secondary N) is 1. The van der Waals surface area contributed by atoms with Crippen LogP contribution in [0.3, 0.4) is 0 Å². The average Bonchev–Trinajstić information content (AvgIpc) is 3.15. The first-order valence-electron chi connectivity index (χ1n) is 10.1. The molecule has 0 fully saturated rings. The number of benzene rings is 2. The predicted molar refractivity (Wildman–Crippen MR) is 115 cm³/mol. The molecule has 0 atom stereocenters. The molecule has 4 rings (SSSR count). The Bertz CT molecular complexity index is 975. The van der Waals surface area contributed by atoms with Crippen molar-refractivity contribution in [3.05, 3.63) is 101 Å². The van der Waals surface area contributed by atoms with Crippen molar-refractivity contribution in [2.24, 2.45) is 0 Å². The molecule has 3 aromatic rings. The van der Waals surface area contributed by atoms with Crippen LogP contribution in [0.25, 0.3) is 0 Å². The highest BCUT2D eigenvalue weighted by molar-refractivity contribution is 5.88. The molecule has 0 radical (unpaired) electrons. The topological polar surface area (TPSA) is 45.2 Å².